The minimum Gasteiger partial charge on any atom is -0.379 e. The fourth-order valence-electron chi connectivity index (χ4n) is 3.31. The van der Waals surface area contributed by atoms with E-state index >= 15 is 0 Å². The monoisotopic (exact) mass is 283 g/mol. The van der Waals surface area contributed by atoms with E-state index in [4.69, 9.17) is 9.47 Å². The fraction of sp³-hybridized carbons (Fsp3) is 0.929. The zero-order chi connectivity index (χ0) is 13.8. The third-order valence-electron chi connectivity index (χ3n) is 4.44. The third kappa shape index (κ3) is 3.31. The Morgan fingerprint density at radius 1 is 1.20 bits per heavy atom. The summed E-state index contributed by atoms with van der Waals surface area (Å²) in [7, 11) is 0. The summed E-state index contributed by atoms with van der Waals surface area (Å²) < 4.78 is 11.0. The van der Waals surface area contributed by atoms with Crippen molar-refractivity contribution in [3.63, 3.8) is 0 Å². The van der Waals surface area contributed by atoms with E-state index in [2.05, 4.69) is 10.2 Å². The molecule has 0 aliphatic carbocycles. The number of rotatable bonds is 3. The molecular formula is C14H25N3O3. The maximum Gasteiger partial charge on any atom is 0.253 e. The molecule has 1 N–H and O–H groups in total. The van der Waals surface area contributed by atoms with E-state index in [0.717, 1.165) is 58.8 Å². The molecule has 2 unspecified atom stereocenters. The van der Waals surface area contributed by atoms with E-state index < -0.39 is 0 Å². The molecule has 3 heterocycles. The number of carbonyl (C=O) groups excluding carboxylic acids is 1. The van der Waals surface area contributed by atoms with E-state index in [9.17, 15) is 4.79 Å². The van der Waals surface area contributed by atoms with Gasteiger partial charge in [0.2, 0.25) is 0 Å². The lowest BCUT2D eigenvalue weighted by Gasteiger charge is -2.35. The minimum atomic E-state index is -0.283. The molecule has 0 aromatic carbocycles. The Morgan fingerprint density at radius 2 is 2.05 bits per heavy atom. The van der Waals surface area contributed by atoms with Crippen LogP contribution in [0.1, 0.15) is 12.8 Å². The van der Waals surface area contributed by atoms with Crippen molar-refractivity contribution in [1.82, 2.24) is 15.1 Å². The van der Waals surface area contributed by atoms with Crippen molar-refractivity contribution in [2.75, 3.05) is 59.1 Å². The fourth-order valence-corrected chi connectivity index (χ4v) is 3.31. The first-order chi connectivity index (χ1) is 9.84. The zero-order valence-corrected chi connectivity index (χ0v) is 12.1. The number of likely N-dealkylation sites (tertiary alicyclic amines) is 1. The summed E-state index contributed by atoms with van der Waals surface area (Å²) in [5, 5.41) is 3.24. The van der Waals surface area contributed by atoms with E-state index in [1.807, 2.05) is 4.90 Å². The molecule has 20 heavy (non-hydrogen) atoms. The van der Waals surface area contributed by atoms with Gasteiger partial charge in [-0.15, -0.1) is 0 Å². The standard InChI is InChI=1S/C14H25N3O3/c18-14(13-10-15-3-7-20-13)17-4-1-2-12(17)11-16-5-8-19-9-6-16/h12-13,15H,1-11H2. The second-order valence-corrected chi connectivity index (χ2v) is 5.80. The molecule has 0 saturated carbocycles. The average Bonchev–Trinajstić information content (AvgIpc) is 2.96. The number of morpholine rings is 2. The second kappa shape index (κ2) is 6.85. The Balaban J connectivity index is 1.55. The Labute approximate surface area is 120 Å². The van der Waals surface area contributed by atoms with Crippen LogP contribution in [-0.4, -0.2) is 86.9 Å². The van der Waals surface area contributed by atoms with Gasteiger partial charge < -0.3 is 19.7 Å². The normalized spacial score (nSPS) is 32.5. The van der Waals surface area contributed by atoms with Crippen molar-refractivity contribution < 1.29 is 14.3 Å². The first-order valence-electron chi connectivity index (χ1n) is 7.77. The molecule has 0 aromatic heterocycles. The molecule has 3 aliphatic heterocycles. The Morgan fingerprint density at radius 3 is 2.80 bits per heavy atom. The average molecular weight is 283 g/mol. The quantitative estimate of drug-likeness (QED) is 0.742. The van der Waals surface area contributed by atoms with Gasteiger partial charge in [0.15, 0.2) is 0 Å². The topological polar surface area (TPSA) is 54.0 Å². The van der Waals surface area contributed by atoms with E-state index in [0.29, 0.717) is 19.2 Å². The molecule has 0 aromatic rings. The number of hydrogen-bond donors (Lipinski definition) is 1. The summed E-state index contributed by atoms with van der Waals surface area (Å²) in [4.78, 5) is 17.0. The highest BCUT2D eigenvalue weighted by Crippen LogP contribution is 2.20. The first kappa shape index (κ1) is 14.3. The van der Waals surface area contributed by atoms with E-state index in [-0.39, 0.29) is 12.0 Å². The molecule has 0 spiro atoms. The number of nitrogens with one attached hydrogen (secondary N) is 1. The number of nitrogens with zero attached hydrogens (tertiary/aromatic N) is 2. The molecule has 0 bridgehead atoms. The van der Waals surface area contributed by atoms with Gasteiger partial charge in [-0.25, -0.2) is 0 Å². The van der Waals surface area contributed by atoms with Gasteiger partial charge in [-0.3, -0.25) is 9.69 Å². The first-order valence-corrected chi connectivity index (χ1v) is 7.77. The smallest absolute Gasteiger partial charge is 0.253 e. The van der Waals surface area contributed by atoms with Gasteiger partial charge >= 0.3 is 0 Å². The summed E-state index contributed by atoms with van der Waals surface area (Å²) in [5.74, 6) is 0.174. The van der Waals surface area contributed by atoms with Crippen molar-refractivity contribution in [3.8, 4) is 0 Å². The predicted octanol–water partition coefficient (Wildman–Crippen LogP) is -0.702. The molecule has 114 valence electrons. The van der Waals surface area contributed by atoms with E-state index in [1.165, 1.54) is 0 Å². The van der Waals surface area contributed by atoms with Crippen LogP contribution in [0.15, 0.2) is 0 Å². The summed E-state index contributed by atoms with van der Waals surface area (Å²) in [5.41, 5.74) is 0. The largest absolute Gasteiger partial charge is 0.379 e. The van der Waals surface area contributed by atoms with Crippen molar-refractivity contribution in [1.29, 1.82) is 0 Å². The lowest BCUT2D eigenvalue weighted by atomic mass is 10.2. The molecule has 3 fully saturated rings. The lowest BCUT2D eigenvalue weighted by Crippen LogP contribution is -2.53. The highest BCUT2D eigenvalue weighted by atomic mass is 16.5. The van der Waals surface area contributed by atoms with Crippen molar-refractivity contribution in [3.05, 3.63) is 0 Å². The number of ether oxygens (including phenoxy) is 2. The van der Waals surface area contributed by atoms with Gasteiger partial charge in [-0.2, -0.15) is 0 Å². The third-order valence-corrected chi connectivity index (χ3v) is 4.44. The van der Waals surface area contributed by atoms with Gasteiger partial charge in [-0.05, 0) is 12.8 Å². The van der Waals surface area contributed by atoms with Crippen LogP contribution in [0.2, 0.25) is 0 Å². The number of hydrogen-bond acceptors (Lipinski definition) is 5. The van der Waals surface area contributed by atoms with Crippen LogP contribution in [0.5, 0.6) is 0 Å². The van der Waals surface area contributed by atoms with Crippen LogP contribution in [-0.2, 0) is 14.3 Å². The molecule has 6 heteroatoms. The Kier molecular flexibility index (Phi) is 4.88. The molecule has 2 atom stereocenters. The number of carbonyl (C=O) groups is 1. The summed E-state index contributed by atoms with van der Waals surface area (Å²) in [6.07, 6.45) is 1.94. The molecular weight excluding hydrogens is 258 g/mol. The van der Waals surface area contributed by atoms with Gasteiger partial charge in [0.25, 0.3) is 5.91 Å². The predicted molar refractivity (Wildman–Crippen MR) is 74.6 cm³/mol. The summed E-state index contributed by atoms with van der Waals surface area (Å²) >= 11 is 0. The molecule has 0 radical (unpaired) electrons. The van der Waals surface area contributed by atoms with Crippen molar-refractivity contribution in [2.45, 2.75) is 25.0 Å². The molecule has 6 nitrogen and oxygen atoms in total. The van der Waals surface area contributed by atoms with Crippen molar-refractivity contribution in [2.24, 2.45) is 0 Å². The maximum atomic E-state index is 12.6. The van der Waals surface area contributed by atoms with Crippen LogP contribution in [0.25, 0.3) is 0 Å². The maximum absolute atomic E-state index is 12.6. The van der Waals surface area contributed by atoms with Crippen LogP contribution in [0.3, 0.4) is 0 Å². The zero-order valence-electron chi connectivity index (χ0n) is 12.1. The van der Waals surface area contributed by atoms with Crippen LogP contribution >= 0.6 is 0 Å². The molecule has 3 aliphatic rings. The lowest BCUT2D eigenvalue weighted by molar-refractivity contribution is -0.146. The SMILES string of the molecule is O=C(C1CNCCO1)N1CCCC1CN1CCOCC1. The van der Waals surface area contributed by atoms with Gasteiger partial charge in [0.05, 0.1) is 19.8 Å². The van der Waals surface area contributed by atoms with Gasteiger partial charge in [-0.1, -0.05) is 0 Å². The van der Waals surface area contributed by atoms with Crippen molar-refractivity contribution >= 4 is 5.91 Å². The Bertz CT molecular complexity index is 328. The van der Waals surface area contributed by atoms with Crippen LogP contribution in [0, 0.1) is 0 Å². The molecule has 3 saturated heterocycles. The Hall–Kier alpha value is -0.690. The highest BCUT2D eigenvalue weighted by molar-refractivity contribution is 5.82. The molecule has 1 amide bonds. The van der Waals surface area contributed by atoms with Crippen LogP contribution in [0.4, 0.5) is 0 Å². The summed E-state index contributed by atoms with van der Waals surface area (Å²) in [6.45, 7) is 7.61. The molecule has 3 rings (SSSR count). The summed E-state index contributed by atoms with van der Waals surface area (Å²) in [6, 6.07) is 0.353. The van der Waals surface area contributed by atoms with E-state index in [1.54, 1.807) is 0 Å². The second-order valence-electron chi connectivity index (χ2n) is 5.80. The van der Waals surface area contributed by atoms with Gasteiger partial charge in [0.1, 0.15) is 6.10 Å². The van der Waals surface area contributed by atoms with Gasteiger partial charge in [0, 0.05) is 45.3 Å². The minimum absolute atomic E-state index is 0.174. The van der Waals surface area contributed by atoms with Crippen LogP contribution < -0.4 is 5.32 Å². The highest BCUT2D eigenvalue weighted by Gasteiger charge is 2.35. The number of amides is 1.